The van der Waals surface area contributed by atoms with Gasteiger partial charge >= 0.3 is 6.18 Å². The Balaban J connectivity index is 2.72. The van der Waals surface area contributed by atoms with E-state index >= 15 is 0 Å². The maximum absolute atomic E-state index is 11.9. The van der Waals surface area contributed by atoms with Crippen LogP contribution in [0.4, 0.5) is 18.9 Å². The molecule has 0 atom stereocenters. The molecule has 0 bridgehead atoms. The largest absolute Gasteiger partial charge is 0.405 e. The number of rotatable bonds is 2. The van der Waals surface area contributed by atoms with Crippen LogP contribution in [0.2, 0.25) is 0 Å². The molecule has 0 aliphatic rings. The SMILES string of the molecule is FC(F)(F)CNc1cc(Br)ccc1Br. The summed E-state index contributed by atoms with van der Waals surface area (Å²) in [6.07, 6.45) is -4.21. The minimum absolute atomic E-state index is 0.414. The molecule has 0 unspecified atom stereocenters. The van der Waals surface area contributed by atoms with Crippen molar-refractivity contribution >= 4 is 37.5 Å². The van der Waals surface area contributed by atoms with Crippen LogP contribution in [0.15, 0.2) is 27.1 Å². The van der Waals surface area contributed by atoms with Crippen molar-refractivity contribution in [2.75, 3.05) is 11.9 Å². The summed E-state index contributed by atoms with van der Waals surface area (Å²) < 4.78 is 37.0. The topological polar surface area (TPSA) is 12.0 Å². The number of nitrogens with one attached hydrogen (secondary N) is 1. The third kappa shape index (κ3) is 3.88. The molecule has 6 heteroatoms. The molecule has 0 aliphatic carbocycles. The quantitative estimate of drug-likeness (QED) is 0.856. The average molecular weight is 333 g/mol. The van der Waals surface area contributed by atoms with Crippen LogP contribution in [0, 0.1) is 0 Å². The van der Waals surface area contributed by atoms with E-state index in [4.69, 9.17) is 0 Å². The Bertz CT molecular complexity index is 325. The van der Waals surface area contributed by atoms with Gasteiger partial charge in [-0.05, 0) is 34.1 Å². The van der Waals surface area contributed by atoms with E-state index in [-0.39, 0.29) is 0 Å². The molecule has 14 heavy (non-hydrogen) atoms. The fraction of sp³-hybridized carbons (Fsp3) is 0.250. The Labute approximate surface area is 95.9 Å². The van der Waals surface area contributed by atoms with Gasteiger partial charge in [0.1, 0.15) is 6.54 Å². The highest BCUT2D eigenvalue weighted by molar-refractivity contribution is 9.11. The van der Waals surface area contributed by atoms with Gasteiger partial charge in [-0.15, -0.1) is 0 Å². The van der Waals surface area contributed by atoms with Gasteiger partial charge in [-0.2, -0.15) is 13.2 Å². The van der Waals surface area contributed by atoms with Gasteiger partial charge in [0.2, 0.25) is 0 Å². The van der Waals surface area contributed by atoms with Crippen LogP contribution in [0.5, 0.6) is 0 Å². The van der Waals surface area contributed by atoms with Crippen molar-refractivity contribution in [3.8, 4) is 0 Å². The lowest BCUT2D eigenvalue weighted by Crippen LogP contribution is -2.21. The highest BCUT2D eigenvalue weighted by Gasteiger charge is 2.26. The van der Waals surface area contributed by atoms with E-state index in [2.05, 4.69) is 37.2 Å². The zero-order chi connectivity index (χ0) is 10.8. The molecule has 0 fully saturated rings. The van der Waals surface area contributed by atoms with Gasteiger partial charge in [-0.25, -0.2) is 0 Å². The van der Waals surface area contributed by atoms with Crippen molar-refractivity contribution in [2.45, 2.75) is 6.18 Å². The number of benzene rings is 1. The van der Waals surface area contributed by atoms with E-state index in [0.717, 1.165) is 4.47 Å². The minimum Gasteiger partial charge on any atom is -0.376 e. The Morgan fingerprint density at radius 1 is 1.21 bits per heavy atom. The molecule has 0 aromatic heterocycles. The molecule has 78 valence electrons. The van der Waals surface area contributed by atoms with Crippen molar-refractivity contribution in [1.82, 2.24) is 0 Å². The smallest absolute Gasteiger partial charge is 0.376 e. The predicted molar refractivity (Wildman–Crippen MR) is 56.4 cm³/mol. The molecular weight excluding hydrogens is 327 g/mol. The van der Waals surface area contributed by atoms with Crippen molar-refractivity contribution < 1.29 is 13.2 Å². The van der Waals surface area contributed by atoms with E-state index in [1.54, 1.807) is 18.2 Å². The summed E-state index contributed by atoms with van der Waals surface area (Å²) in [5.74, 6) is 0. The number of anilines is 1. The van der Waals surface area contributed by atoms with Gasteiger partial charge in [0.15, 0.2) is 0 Å². The molecule has 0 aliphatic heterocycles. The summed E-state index contributed by atoms with van der Waals surface area (Å²) in [6.45, 7) is -1.04. The maximum Gasteiger partial charge on any atom is 0.405 e. The Hall–Kier alpha value is -0.230. The monoisotopic (exact) mass is 331 g/mol. The second-order valence-electron chi connectivity index (χ2n) is 2.59. The summed E-state index contributed by atoms with van der Waals surface area (Å²) in [5, 5.41) is 2.29. The van der Waals surface area contributed by atoms with Gasteiger partial charge in [-0.3, -0.25) is 0 Å². The molecule has 1 aromatic rings. The summed E-state index contributed by atoms with van der Waals surface area (Å²) in [5.41, 5.74) is 0.414. The standard InChI is InChI=1S/C8H6Br2F3N/c9-5-1-2-6(10)7(3-5)14-4-8(11,12)13/h1-3,14H,4H2. The van der Waals surface area contributed by atoms with Crippen molar-refractivity contribution in [1.29, 1.82) is 0 Å². The number of alkyl halides is 3. The highest BCUT2D eigenvalue weighted by atomic mass is 79.9. The van der Waals surface area contributed by atoms with E-state index < -0.39 is 12.7 Å². The number of hydrogen-bond donors (Lipinski definition) is 1. The fourth-order valence-electron chi connectivity index (χ4n) is 0.828. The van der Waals surface area contributed by atoms with Gasteiger partial charge in [0, 0.05) is 14.6 Å². The third-order valence-corrected chi connectivity index (χ3v) is 2.59. The van der Waals surface area contributed by atoms with Gasteiger partial charge in [0.25, 0.3) is 0 Å². The lowest BCUT2D eigenvalue weighted by molar-refractivity contribution is -0.115. The molecule has 0 spiro atoms. The molecule has 1 aromatic carbocycles. The van der Waals surface area contributed by atoms with Crippen LogP contribution < -0.4 is 5.32 Å². The van der Waals surface area contributed by atoms with Crippen molar-refractivity contribution in [2.24, 2.45) is 0 Å². The summed E-state index contributed by atoms with van der Waals surface area (Å²) >= 11 is 6.32. The van der Waals surface area contributed by atoms with Crippen LogP contribution in [0.1, 0.15) is 0 Å². The first-order valence-electron chi connectivity index (χ1n) is 3.64. The zero-order valence-corrected chi connectivity index (χ0v) is 10.0. The van der Waals surface area contributed by atoms with Gasteiger partial charge < -0.3 is 5.32 Å². The molecular formula is C8H6Br2F3N. The van der Waals surface area contributed by atoms with Gasteiger partial charge in [-0.1, -0.05) is 15.9 Å². The molecule has 0 saturated carbocycles. The van der Waals surface area contributed by atoms with Crippen LogP contribution in [0.3, 0.4) is 0 Å². The molecule has 1 rings (SSSR count). The average Bonchev–Trinajstić information content (AvgIpc) is 2.05. The molecule has 0 radical (unpaired) electrons. The zero-order valence-electron chi connectivity index (χ0n) is 6.83. The molecule has 0 saturated heterocycles. The van der Waals surface area contributed by atoms with E-state index in [1.807, 2.05) is 0 Å². The number of hydrogen-bond acceptors (Lipinski definition) is 1. The molecule has 1 nitrogen and oxygen atoms in total. The summed E-state index contributed by atoms with van der Waals surface area (Å²) in [4.78, 5) is 0. The van der Waals surface area contributed by atoms with E-state index in [1.165, 1.54) is 0 Å². The van der Waals surface area contributed by atoms with Gasteiger partial charge in [0.05, 0.1) is 0 Å². The Morgan fingerprint density at radius 3 is 2.43 bits per heavy atom. The second-order valence-corrected chi connectivity index (χ2v) is 4.36. The van der Waals surface area contributed by atoms with Crippen LogP contribution in [-0.2, 0) is 0 Å². The summed E-state index contributed by atoms with van der Waals surface area (Å²) in [6, 6.07) is 4.99. The van der Waals surface area contributed by atoms with Crippen LogP contribution in [-0.4, -0.2) is 12.7 Å². The maximum atomic E-state index is 11.9. The van der Waals surface area contributed by atoms with Crippen LogP contribution in [0.25, 0.3) is 0 Å². The first-order chi connectivity index (χ1) is 6.38. The van der Waals surface area contributed by atoms with E-state index in [9.17, 15) is 13.2 Å². The molecule has 0 amide bonds. The second kappa shape index (κ2) is 4.53. The van der Waals surface area contributed by atoms with E-state index in [0.29, 0.717) is 10.2 Å². The third-order valence-electron chi connectivity index (χ3n) is 1.41. The lowest BCUT2D eigenvalue weighted by atomic mass is 10.3. The minimum atomic E-state index is -4.21. The summed E-state index contributed by atoms with van der Waals surface area (Å²) in [7, 11) is 0. The van der Waals surface area contributed by atoms with Crippen molar-refractivity contribution in [3.63, 3.8) is 0 Å². The lowest BCUT2D eigenvalue weighted by Gasteiger charge is -2.11. The van der Waals surface area contributed by atoms with Crippen molar-refractivity contribution in [3.05, 3.63) is 27.1 Å². The van der Waals surface area contributed by atoms with Crippen LogP contribution >= 0.6 is 31.9 Å². The fourth-order valence-corrected chi connectivity index (χ4v) is 1.58. The Kier molecular flexibility index (Phi) is 3.83. The first kappa shape index (κ1) is 11.8. The predicted octanol–water partition coefficient (Wildman–Crippen LogP) is 4.19. The first-order valence-corrected chi connectivity index (χ1v) is 5.23. The molecule has 0 heterocycles. The Morgan fingerprint density at radius 2 is 1.86 bits per heavy atom. The molecule has 1 N–H and O–H groups in total. The normalized spacial score (nSPS) is 11.5. The number of halogens is 5. The highest BCUT2D eigenvalue weighted by Crippen LogP contribution is 2.27.